The minimum Gasteiger partial charge on any atom is -0.496 e. The summed E-state index contributed by atoms with van der Waals surface area (Å²) in [6.45, 7) is 8.10. The van der Waals surface area contributed by atoms with E-state index >= 15 is 0 Å². The van der Waals surface area contributed by atoms with Crippen molar-refractivity contribution in [3.8, 4) is 5.75 Å². The van der Waals surface area contributed by atoms with E-state index in [1.165, 1.54) is 5.56 Å². The van der Waals surface area contributed by atoms with Crippen molar-refractivity contribution in [2.75, 3.05) is 39.8 Å². The van der Waals surface area contributed by atoms with Gasteiger partial charge in [-0.25, -0.2) is 4.68 Å². The number of likely N-dealkylation sites (N-methyl/N-ethyl adjacent to an activating group) is 1. The molecule has 158 valence electrons. The monoisotopic (exact) mass is 406 g/mol. The zero-order chi connectivity index (χ0) is 20.8. The molecular weight excluding hydrogens is 376 g/mol. The molecule has 0 spiro atoms. The van der Waals surface area contributed by atoms with Crippen LogP contribution in [-0.4, -0.2) is 69.8 Å². The third-order valence-corrected chi connectivity index (χ3v) is 5.91. The van der Waals surface area contributed by atoms with Crippen LogP contribution in [0.4, 0.5) is 0 Å². The van der Waals surface area contributed by atoms with E-state index in [1.807, 2.05) is 22.9 Å². The van der Waals surface area contributed by atoms with Crippen LogP contribution in [0.25, 0.3) is 0 Å². The molecule has 0 radical (unpaired) electrons. The van der Waals surface area contributed by atoms with Gasteiger partial charge in [-0.3, -0.25) is 4.90 Å². The molecular formula is C23H30N6O. The number of rotatable bonds is 8. The predicted molar refractivity (Wildman–Crippen MR) is 116 cm³/mol. The van der Waals surface area contributed by atoms with Crippen molar-refractivity contribution < 1.29 is 4.74 Å². The highest BCUT2D eigenvalue weighted by Crippen LogP contribution is 2.34. The quantitative estimate of drug-likeness (QED) is 0.573. The lowest BCUT2D eigenvalue weighted by Crippen LogP contribution is -2.48. The molecule has 1 saturated heterocycles. The first-order chi connectivity index (χ1) is 14.8. The molecule has 1 aromatic heterocycles. The van der Waals surface area contributed by atoms with Gasteiger partial charge in [0.1, 0.15) is 11.8 Å². The molecule has 0 N–H and O–H groups in total. The van der Waals surface area contributed by atoms with E-state index < -0.39 is 0 Å². The topological polar surface area (TPSA) is 59.3 Å². The van der Waals surface area contributed by atoms with Crippen LogP contribution in [0.15, 0.2) is 54.6 Å². The second kappa shape index (κ2) is 9.82. The van der Waals surface area contributed by atoms with E-state index in [4.69, 9.17) is 4.74 Å². The molecule has 1 aliphatic heterocycles. The van der Waals surface area contributed by atoms with Gasteiger partial charge in [0.25, 0.3) is 0 Å². The molecule has 7 nitrogen and oxygen atoms in total. The number of hydrogen-bond acceptors (Lipinski definition) is 6. The van der Waals surface area contributed by atoms with E-state index in [-0.39, 0.29) is 6.04 Å². The number of piperazine rings is 1. The van der Waals surface area contributed by atoms with Crippen LogP contribution in [0.3, 0.4) is 0 Å². The molecule has 1 atom stereocenters. The molecule has 2 heterocycles. The number of nitrogens with zero attached hydrogens (tertiary/aromatic N) is 6. The van der Waals surface area contributed by atoms with Gasteiger partial charge in [0, 0.05) is 38.3 Å². The average molecular weight is 407 g/mol. The summed E-state index contributed by atoms with van der Waals surface area (Å²) in [7, 11) is 1.73. The van der Waals surface area contributed by atoms with Gasteiger partial charge in [-0.15, -0.1) is 5.10 Å². The van der Waals surface area contributed by atoms with Crippen LogP contribution in [0, 0.1) is 0 Å². The van der Waals surface area contributed by atoms with Crippen molar-refractivity contribution in [1.82, 2.24) is 30.0 Å². The molecule has 0 amide bonds. The Hall–Kier alpha value is -2.77. The summed E-state index contributed by atoms with van der Waals surface area (Å²) >= 11 is 0. The Morgan fingerprint density at radius 3 is 2.43 bits per heavy atom. The first kappa shape index (κ1) is 20.5. The van der Waals surface area contributed by atoms with Crippen LogP contribution in [0.1, 0.15) is 29.9 Å². The first-order valence-corrected chi connectivity index (χ1v) is 10.7. The number of benzene rings is 2. The van der Waals surface area contributed by atoms with Crippen LogP contribution < -0.4 is 4.74 Å². The normalized spacial score (nSPS) is 16.5. The van der Waals surface area contributed by atoms with Crippen molar-refractivity contribution >= 4 is 0 Å². The lowest BCUT2D eigenvalue weighted by Gasteiger charge is -2.38. The van der Waals surface area contributed by atoms with Crippen molar-refractivity contribution in [3.05, 3.63) is 71.5 Å². The highest BCUT2D eigenvalue weighted by Gasteiger charge is 2.32. The molecule has 1 aliphatic rings. The smallest absolute Gasteiger partial charge is 0.173 e. The summed E-state index contributed by atoms with van der Waals surface area (Å²) in [6.07, 6.45) is 0.890. The zero-order valence-corrected chi connectivity index (χ0v) is 17.8. The van der Waals surface area contributed by atoms with Crippen LogP contribution in [-0.2, 0) is 13.0 Å². The highest BCUT2D eigenvalue weighted by atomic mass is 16.5. The van der Waals surface area contributed by atoms with E-state index in [2.05, 4.69) is 68.6 Å². The van der Waals surface area contributed by atoms with E-state index in [0.29, 0.717) is 0 Å². The van der Waals surface area contributed by atoms with Gasteiger partial charge >= 0.3 is 0 Å². The fourth-order valence-electron chi connectivity index (χ4n) is 4.18. The number of hydrogen-bond donors (Lipinski definition) is 0. The Kier molecular flexibility index (Phi) is 6.71. The minimum absolute atomic E-state index is 0.0362. The predicted octanol–water partition coefficient (Wildman–Crippen LogP) is 2.65. The van der Waals surface area contributed by atoms with E-state index in [1.54, 1.807) is 7.11 Å². The van der Waals surface area contributed by atoms with Crippen molar-refractivity contribution in [3.63, 3.8) is 0 Å². The maximum Gasteiger partial charge on any atom is 0.173 e. The molecule has 0 bridgehead atoms. The molecule has 0 saturated carbocycles. The Labute approximate surface area is 178 Å². The summed E-state index contributed by atoms with van der Waals surface area (Å²) < 4.78 is 7.67. The van der Waals surface area contributed by atoms with Crippen molar-refractivity contribution in [1.29, 1.82) is 0 Å². The van der Waals surface area contributed by atoms with Crippen LogP contribution in [0.5, 0.6) is 5.75 Å². The fraction of sp³-hybridized carbons (Fsp3) is 0.435. The Morgan fingerprint density at radius 1 is 0.967 bits per heavy atom. The number of para-hydroxylation sites is 1. The van der Waals surface area contributed by atoms with Crippen molar-refractivity contribution in [2.24, 2.45) is 0 Å². The third kappa shape index (κ3) is 4.52. The second-order valence-corrected chi connectivity index (χ2v) is 7.61. The summed E-state index contributed by atoms with van der Waals surface area (Å²) in [4.78, 5) is 4.96. The number of aromatic nitrogens is 4. The lowest BCUT2D eigenvalue weighted by molar-refractivity contribution is 0.107. The van der Waals surface area contributed by atoms with Crippen LogP contribution >= 0.6 is 0 Å². The first-order valence-electron chi connectivity index (χ1n) is 10.7. The second-order valence-electron chi connectivity index (χ2n) is 7.61. The van der Waals surface area contributed by atoms with Crippen LogP contribution in [0.2, 0.25) is 0 Å². The van der Waals surface area contributed by atoms with Gasteiger partial charge in [0.05, 0.1) is 7.11 Å². The average Bonchev–Trinajstić information content (AvgIpc) is 3.27. The zero-order valence-electron chi connectivity index (χ0n) is 17.8. The third-order valence-electron chi connectivity index (χ3n) is 5.91. The van der Waals surface area contributed by atoms with Gasteiger partial charge in [-0.1, -0.05) is 55.5 Å². The summed E-state index contributed by atoms with van der Waals surface area (Å²) in [5, 5.41) is 12.9. The summed E-state index contributed by atoms with van der Waals surface area (Å²) in [5.74, 6) is 1.75. The van der Waals surface area contributed by atoms with Gasteiger partial charge in [0.15, 0.2) is 5.82 Å². The number of ether oxygens (including phenoxy) is 1. The van der Waals surface area contributed by atoms with Gasteiger partial charge in [0.2, 0.25) is 0 Å². The highest BCUT2D eigenvalue weighted by molar-refractivity contribution is 5.39. The SMILES string of the molecule is CCN1CCN(C(c2ccccc2OC)c2nnnn2CCc2ccccc2)CC1. The van der Waals surface area contributed by atoms with Gasteiger partial charge in [-0.05, 0) is 35.0 Å². The van der Waals surface area contributed by atoms with E-state index in [9.17, 15) is 0 Å². The lowest BCUT2D eigenvalue weighted by atomic mass is 10.0. The van der Waals surface area contributed by atoms with Gasteiger partial charge < -0.3 is 9.64 Å². The van der Waals surface area contributed by atoms with Gasteiger partial charge in [-0.2, -0.15) is 0 Å². The summed E-state index contributed by atoms with van der Waals surface area (Å²) in [5.41, 5.74) is 2.39. The maximum absolute atomic E-state index is 5.71. The maximum atomic E-state index is 5.71. The Bertz CT molecular complexity index is 920. The minimum atomic E-state index is -0.0362. The summed E-state index contributed by atoms with van der Waals surface area (Å²) in [6, 6.07) is 18.6. The number of aryl methyl sites for hydroxylation is 2. The Balaban J connectivity index is 1.64. The molecule has 30 heavy (non-hydrogen) atoms. The molecule has 1 fully saturated rings. The molecule has 0 aliphatic carbocycles. The molecule has 2 aromatic carbocycles. The van der Waals surface area contributed by atoms with Crippen molar-refractivity contribution in [2.45, 2.75) is 25.9 Å². The largest absolute Gasteiger partial charge is 0.496 e. The standard InChI is InChI=1S/C23H30N6O/c1-3-27-15-17-28(18-16-27)22(20-11-7-8-12-21(20)30-2)23-24-25-26-29(23)14-13-19-9-5-4-6-10-19/h4-12,22H,3,13-18H2,1-2H3. The number of tetrazole rings is 1. The van der Waals surface area contributed by atoms with E-state index in [0.717, 1.165) is 62.8 Å². The Morgan fingerprint density at radius 2 is 1.70 bits per heavy atom. The molecule has 3 aromatic rings. The number of methoxy groups -OCH3 is 1. The molecule has 7 heteroatoms. The molecule has 1 unspecified atom stereocenters. The molecule has 4 rings (SSSR count). The fourth-order valence-corrected chi connectivity index (χ4v) is 4.18.